The van der Waals surface area contributed by atoms with Crippen molar-refractivity contribution in [2.75, 3.05) is 5.88 Å². The Morgan fingerprint density at radius 2 is 1.81 bits per heavy atom. The van der Waals surface area contributed by atoms with Crippen LogP contribution in [-0.2, 0) is 6.54 Å². The number of benzene rings is 1. The predicted octanol–water partition coefficient (Wildman–Crippen LogP) is 3.27. The molecule has 0 unspecified atom stereocenters. The second-order valence-corrected chi connectivity index (χ2v) is 5.20. The minimum atomic E-state index is -0.940. The number of hydrogen-bond acceptors (Lipinski definition) is 2. The molecule has 0 saturated heterocycles. The topological polar surface area (TPSA) is 59.3 Å². The van der Waals surface area contributed by atoms with E-state index in [1.54, 1.807) is 24.3 Å². The molecular weight excluding hydrogens is 290 g/mol. The molecule has 0 saturated carbocycles. The van der Waals surface area contributed by atoms with Crippen molar-refractivity contribution in [3.8, 4) is 0 Å². The van der Waals surface area contributed by atoms with Gasteiger partial charge in [0.05, 0.1) is 11.4 Å². The highest BCUT2D eigenvalue weighted by atomic mass is 35.5. The van der Waals surface area contributed by atoms with Gasteiger partial charge in [-0.1, -0.05) is 12.1 Å². The van der Waals surface area contributed by atoms with E-state index in [-0.39, 0.29) is 17.2 Å². The van der Waals surface area contributed by atoms with Crippen LogP contribution in [0.1, 0.15) is 37.7 Å². The number of Topliss-reactive ketones (excluding diaryl/α,β-unsaturated/α-hetero) is 1. The van der Waals surface area contributed by atoms with Gasteiger partial charge in [-0.3, -0.25) is 4.79 Å². The summed E-state index contributed by atoms with van der Waals surface area (Å²) in [5, 5.41) is 8.89. The van der Waals surface area contributed by atoms with Crippen molar-refractivity contribution >= 4 is 23.4 Å². The van der Waals surface area contributed by atoms with Gasteiger partial charge in [-0.25, -0.2) is 4.79 Å². The first kappa shape index (κ1) is 15.3. The van der Waals surface area contributed by atoms with E-state index >= 15 is 0 Å². The molecule has 1 aromatic heterocycles. The van der Waals surface area contributed by atoms with Crippen molar-refractivity contribution in [2.45, 2.75) is 20.4 Å². The maximum atomic E-state index is 11.8. The first-order valence-electron chi connectivity index (χ1n) is 6.52. The average Bonchev–Trinajstić information content (AvgIpc) is 2.75. The molecule has 1 aromatic carbocycles. The summed E-state index contributed by atoms with van der Waals surface area (Å²) in [6, 6.07) is 8.57. The maximum Gasteiger partial charge on any atom is 0.335 e. The molecule has 0 spiro atoms. The average molecular weight is 306 g/mol. The van der Waals surface area contributed by atoms with Crippen LogP contribution in [0, 0.1) is 13.8 Å². The van der Waals surface area contributed by atoms with E-state index in [4.69, 9.17) is 16.7 Å². The number of alkyl halides is 1. The molecular formula is C16H16ClNO3. The Kier molecular flexibility index (Phi) is 4.48. The standard InChI is InChI=1S/C16H16ClNO3/c1-10-7-14(15(19)8-17)11(2)18(10)9-12-3-5-13(6-4-12)16(20)21/h3-7H,8-9H2,1-2H3,(H,20,21). The van der Waals surface area contributed by atoms with Crippen molar-refractivity contribution in [3.05, 3.63) is 58.4 Å². The number of hydrogen-bond donors (Lipinski definition) is 1. The highest BCUT2D eigenvalue weighted by molar-refractivity contribution is 6.30. The molecule has 5 heteroatoms. The smallest absolute Gasteiger partial charge is 0.335 e. The van der Waals surface area contributed by atoms with Crippen LogP contribution in [0.25, 0.3) is 0 Å². The molecule has 1 N–H and O–H groups in total. The van der Waals surface area contributed by atoms with Gasteiger partial charge in [0.25, 0.3) is 0 Å². The summed E-state index contributed by atoms with van der Waals surface area (Å²) in [6.45, 7) is 4.41. The van der Waals surface area contributed by atoms with Gasteiger partial charge >= 0.3 is 5.97 Å². The first-order chi connectivity index (χ1) is 9.93. The van der Waals surface area contributed by atoms with Crippen LogP contribution in [0.2, 0.25) is 0 Å². The molecule has 0 atom stereocenters. The number of ketones is 1. The van der Waals surface area contributed by atoms with Crippen LogP contribution in [-0.4, -0.2) is 27.3 Å². The molecule has 4 nitrogen and oxygen atoms in total. The molecule has 0 amide bonds. The summed E-state index contributed by atoms with van der Waals surface area (Å²) in [6.07, 6.45) is 0. The molecule has 1 heterocycles. The molecule has 2 rings (SSSR count). The van der Waals surface area contributed by atoms with E-state index in [9.17, 15) is 9.59 Å². The number of carbonyl (C=O) groups is 2. The molecule has 0 aliphatic carbocycles. The number of rotatable bonds is 5. The van der Waals surface area contributed by atoms with Gasteiger partial charge in [0.2, 0.25) is 0 Å². The van der Waals surface area contributed by atoms with Crippen molar-refractivity contribution in [3.63, 3.8) is 0 Å². The zero-order valence-electron chi connectivity index (χ0n) is 11.9. The fraction of sp³-hybridized carbons (Fsp3) is 0.250. The van der Waals surface area contributed by atoms with Gasteiger partial charge in [0.15, 0.2) is 5.78 Å². The molecule has 0 bridgehead atoms. The zero-order chi connectivity index (χ0) is 15.6. The SMILES string of the molecule is Cc1cc(C(=O)CCl)c(C)n1Cc1ccc(C(=O)O)cc1. The van der Waals surface area contributed by atoms with Crippen molar-refractivity contribution in [1.29, 1.82) is 0 Å². The molecule has 0 radical (unpaired) electrons. The lowest BCUT2D eigenvalue weighted by molar-refractivity contribution is 0.0696. The summed E-state index contributed by atoms with van der Waals surface area (Å²) in [7, 11) is 0. The molecule has 0 aliphatic heterocycles. The molecule has 110 valence electrons. The number of nitrogens with zero attached hydrogens (tertiary/aromatic N) is 1. The molecule has 0 fully saturated rings. The van der Waals surface area contributed by atoms with Crippen LogP contribution in [0.4, 0.5) is 0 Å². The summed E-state index contributed by atoms with van der Waals surface area (Å²) >= 11 is 5.61. The lowest BCUT2D eigenvalue weighted by Crippen LogP contribution is -2.07. The molecule has 2 aromatic rings. The Labute approximate surface area is 128 Å². The third-order valence-corrected chi connectivity index (χ3v) is 3.78. The summed E-state index contributed by atoms with van der Waals surface area (Å²) in [5.74, 6) is -1.06. The number of carboxylic acids is 1. The Morgan fingerprint density at radius 1 is 1.19 bits per heavy atom. The number of aromatic nitrogens is 1. The Morgan fingerprint density at radius 3 is 2.33 bits per heavy atom. The lowest BCUT2D eigenvalue weighted by atomic mass is 10.1. The van der Waals surface area contributed by atoms with Crippen LogP contribution in [0.5, 0.6) is 0 Å². The van der Waals surface area contributed by atoms with Gasteiger partial charge in [0, 0.05) is 23.5 Å². The number of aryl methyl sites for hydroxylation is 1. The zero-order valence-corrected chi connectivity index (χ0v) is 12.6. The number of carboxylic acid groups (broad SMARTS) is 1. The van der Waals surface area contributed by atoms with Gasteiger partial charge in [-0.2, -0.15) is 0 Å². The van der Waals surface area contributed by atoms with E-state index in [2.05, 4.69) is 0 Å². The van der Waals surface area contributed by atoms with Crippen LogP contribution >= 0.6 is 11.6 Å². The second-order valence-electron chi connectivity index (χ2n) is 4.93. The lowest BCUT2D eigenvalue weighted by Gasteiger charge is -2.10. The minimum absolute atomic E-state index is 0.0302. The Balaban J connectivity index is 2.29. The fourth-order valence-corrected chi connectivity index (χ4v) is 2.48. The number of aromatic carboxylic acids is 1. The van der Waals surface area contributed by atoms with E-state index < -0.39 is 5.97 Å². The van der Waals surface area contributed by atoms with Crippen molar-refractivity contribution in [2.24, 2.45) is 0 Å². The third kappa shape index (κ3) is 3.16. The normalized spacial score (nSPS) is 10.6. The van der Waals surface area contributed by atoms with Gasteiger partial charge in [-0.15, -0.1) is 11.6 Å². The second kappa shape index (κ2) is 6.14. The summed E-state index contributed by atoms with van der Waals surface area (Å²) in [4.78, 5) is 22.6. The first-order valence-corrected chi connectivity index (χ1v) is 7.05. The van der Waals surface area contributed by atoms with Crippen LogP contribution in [0.3, 0.4) is 0 Å². The van der Waals surface area contributed by atoms with Gasteiger partial charge in [0.1, 0.15) is 0 Å². The molecule has 0 aliphatic rings. The van der Waals surface area contributed by atoms with E-state index in [1.807, 2.05) is 24.5 Å². The fourth-order valence-electron chi connectivity index (χ4n) is 2.33. The number of carbonyl (C=O) groups excluding carboxylic acids is 1. The summed E-state index contributed by atoms with van der Waals surface area (Å²) in [5.41, 5.74) is 3.73. The highest BCUT2D eigenvalue weighted by Gasteiger charge is 2.15. The Hall–Kier alpha value is -2.07. The van der Waals surface area contributed by atoms with E-state index in [0.717, 1.165) is 17.0 Å². The van der Waals surface area contributed by atoms with Gasteiger partial charge in [-0.05, 0) is 37.6 Å². The van der Waals surface area contributed by atoms with Crippen LogP contribution < -0.4 is 0 Å². The van der Waals surface area contributed by atoms with Crippen molar-refractivity contribution in [1.82, 2.24) is 4.57 Å². The predicted molar refractivity (Wildman–Crippen MR) is 81.5 cm³/mol. The van der Waals surface area contributed by atoms with Crippen LogP contribution in [0.15, 0.2) is 30.3 Å². The monoisotopic (exact) mass is 305 g/mol. The quantitative estimate of drug-likeness (QED) is 0.681. The van der Waals surface area contributed by atoms with Gasteiger partial charge < -0.3 is 9.67 Å². The minimum Gasteiger partial charge on any atom is -0.478 e. The number of halogens is 1. The van der Waals surface area contributed by atoms with E-state index in [0.29, 0.717) is 12.1 Å². The largest absolute Gasteiger partial charge is 0.478 e. The Bertz CT molecular complexity index is 686. The third-order valence-electron chi connectivity index (χ3n) is 3.54. The maximum absolute atomic E-state index is 11.8. The molecule has 21 heavy (non-hydrogen) atoms. The highest BCUT2D eigenvalue weighted by Crippen LogP contribution is 2.18. The van der Waals surface area contributed by atoms with Crippen molar-refractivity contribution < 1.29 is 14.7 Å². The summed E-state index contributed by atoms with van der Waals surface area (Å²) < 4.78 is 2.02. The van der Waals surface area contributed by atoms with E-state index in [1.165, 1.54) is 0 Å².